The summed E-state index contributed by atoms with van der Waals surface area (Å²) in [4.78, 5) is 55.3. The maximum absolute atomic E-state index is 11.9. The molecule has 2 rings (SSSR count). The molecule has 3 N–H and O–H groups in total. The van der Waals surface area contributed by atoms with Crippen molar-refractivity contribution in [3.63, 3.8) is 0 Å². The van der Waals surface area contributed by atoms with Gasteiger partial charge in [-0.15, -0.1) is 0 Å². The van der Waals surface area contributed by atoms with Gasteiger partial charge < -0.3 is 0 Å². The van der Waals surface area contributed by atoms with Crippen molar-refractivity contribution in [3.8, 4) is 0 Å². The lowest BCUT2D eigenvalue weighted by atomic mass is 10.2. The van der Waals surface area contributed by atoms with Gasteiger partial charge in [0.15, 0.2) is 0 Å². The normalized spacial score (nSPS) is 10.4. The fourth-order valence-corrected chi connectivity index (χ4v) is 2.31. The number of aromatic amines is 1. The number of halogens is 2. The van der Waals surface area contributed by atoms with E-state index in [4.69, 9.17) is 23.2 Å². The van der Waals surface area contributed by atoms with Crippen LogP contribution in [0.5, 0.6) is 0 Å². The Bertz CT molecular complexity index is 1080. The number of carbonyl (C=O) groups is 1. The van der Waals surface area contributed by atoms with Crippen molar-refractivity contribution in [1.82, 2.24) is 15.2 Å². The van der Waals surface area contributed by atoms with Gasteiger partial charge in [-0.05, 0) is 6.07 Å². The van der Waals surface area contributed by atoms with Crippen LogP contribution in [0.1, 0.15) is 6.42 Å². The molecule has 148 valence electrons. The first kappa shape index (κ1) is 20.9. The van der Waals surface area contributed by atoms with E-state index in [0.717, 1.165) is 22.9 Å². The molecule has 0 aliphatic heterocycles. The molecule has 0 radical (unpaired) electrons. The van der Waals surface area contributed by atoms with Crippen LogP contribution in [-0.4, -0.2) is 25.5 Å². The molecule has 1 heterocycles. The van der Waals surface area contributed by atoms with Crippen LogP contribution < -0.4 is 22.0 Å². The number of rotatable bonds is 7. The average Bonchev–Trinajstić information content (AvgIpc) is 2.66. The number of nitrogens with one attached hydrogen (secondary N) is 3. The molecule has 28 heavy (non-hydrogen) atoms. The van der Waals surface area contributed by atoms with Crippen LogP contribution in [0, 0.1) is 20.2 Å². The second-order valence-electron chi connectivity index (χ2n) is 5.16. The number of hydrogen-bond donors (Lipinski definition) is 3. The SMILES string of the molecule is O=C(CCn1[nH]c(=O)c(Cl)c(Cl)c1=O)NNc1ccc([N+](=O)[O-])cc1[N+](=O)[O-]. The molecule has 0 aliphatic carbocycles. The van der Waals surface area contributed by atoms with E-state index in [1.165, 1.54) is 0 Å². The first-order valence-corrected chi connectivity index (χ1v) is 8.03. The number of aromatic nitrogens is 2. The Morgan fingerprint density at radius 1 is 1.14 bits per heavy atom. The number of H-pyrrole nitrogens is 1. The smallest absolute Gasteiger partial charge is 0.292 e. The summed E-state index contributed by atoms with van der Waals surface area (Å²) in [6.45, 7) is -0.263. The Balaban J connectivity index is 2.06. The highest BCUT2D eigenvalue weighted by molar-refractivity contribution is 6.41. The number of amides is 1. The standard InChI is InChI=1S/C13H10Cl2N6O7/c14-10-11(15)13(24)19(18-12(10)23)4-3-9(22)17-16-7-2-1-6(20(25)26)5-8(7)21(27)28/h1-2,5,16H,3-4H2,(H,17,22)(H,18,23). The molecule has 0 unspecified atom stereocenters. The van der Waals surface area contributed by atoms with Gasteiger partial charge in [0, 0.05) is 12.5 Å². The number of nitrogens with zero attached hydrogens (tertiary/aromatic N) is 3. The second-order valence-corrected chi connectivity index (χ2v) is 5.92. The first-order valence-electron chi connectivity index (χ1n) is 7.27. The van der Waals surface area contributed by atoms with Gasteiger partial charge >= 0.3 is 5.69 Å². The number of benzene rings is 1. The number of aryl methyl sites for hydroxylation is 1. The zero-order chi connectivity index (χ0) is 21.0. The molecular weight excluding hydrogens is 423 g/mol. The van der Waals surface area contributed by atoms with Crippen LogP contribution in [0.25, 0.3) is 0 Å². The highest BCUT2D eigenvalue weighted by Gasteiger charge is 2.20. The molecule has 0 saturated carbocycles. The monoisotopic (exact) mass is 432 g/mol. The summed E-state index contributed by atoms with van der Waals surface area (Å²) >= 11 is 11.1. The highest BCUT2D eigenvalue weighted by Crippen LogP contribution is 2.28. The number of anilines is 1. The third kappa shape index (κ3) is 4.63. The van der Waals surface area contributed by atoms with Crippen molar-refractivity contribution in [2.75, 3.05) is 5.43 Å². The molecule has 0 fully saturated rings. The fourth-order valence-electron chi connectivity index (χ4n) is 2.00. The van der Waals surface area contributed by atoms with Crippen molar-refractivity contribution in [1.29, 1.82) is 0 Å². The van der Waals surface area contributed by atoms with Crippen molar-refractivity contribution < 1.29 is 14.6 Å². The Labute approximate surface area is 164 Å². The van der Waals surface area contributed by atoms with Crippen LogP contribution in [0.4, 0.5) is 17.1 Å². The van der Waals surface area contributed by atoms with Gasteiger partial charge in [-0.1, -0.05) is 23.2 Å². The van der Waals surface area contributed by atoms with E-state index < -0.39 is 48.3 Å². The van der Waals surface area contributed by atoms with Crippen molar-refractivity contribution in [3.05, 3.63) is 69.2 Å². The van der Waals surface area contributed by atoms with E-state index >= 15 is 0 Å². The zero-order valence-corrected chi connectivity index (χ0v) is 15.1. The minimum atomic E-state index is -0.860. The van der Waals surface area contributed by atoms with E-state index in [-0.39, 0.29) is 18.7 Å². The summed E-state index contributed by atoms with van der Waals surface area (Å²) < 4.78 is 0.782. The van der Waals surface area contributed by atoms with Gasteiger partial charge in [0.1, 0.15) is 15.7 Å². The highest BCUT2D eigenvalue weighted by atomic mass is 35.5. The van der Waals surface area contributed by atoms with E-state index in [1.807, 2.05) is 0 Å². The van der Waals surface area contributed by atoms with Gasteiger partial charge in [0.2, 0.25) is 5.91 Å². The fraction of sp³-hybridized carbons (Fsp3) is 0.154. The maximum atomic E-state index is 11.9. The van der Waals surface area contributed by atoms with E-state index in [0.29, 0.717) is 0 Å². The minimum Gasteiger partial charge on any atom is -0.292 e. The predicted octanol–water partition coefficient (Wildman–Crippen LogP) is 1.19. The van der Waals surface area contributed by atoms with Crippen LogP contribution >= 0.6 is 23.2 Å². The Hall–Kier alpha value is -3.45. The van der Waals surface area contributed by atoms with Crippen molar-refractivity contribution in [2.24, 2.45) is 0 Å². The van der Waals surface area contributed by atoms with E-state index in [9.17, 15) is 34.6 Å². The molecule has 1 aromatic heterocycles. The second kappa shape index (κ2) is 8.49. The molecule has 2 aromatic rings. The van der Waals surface area contributed by atoms with Crippen LogP contribution in [0.2, 0.25) is 10.0 Å². The summed E-state index contributed by atoms with van der Waals surface area (Å²) in [6, 6.07) is 2.80. The molecule has 15 heteroatoms. The molecule has 13 nitrogen and oxygen atoms in total. The number of hydrazine groups is 1. The molecular formula is C13H10Cl2N6O7. The van der Waals surface area contributed by atoms with Gasteiger partial charge in [-0.3, -0.25) is 50.6 Å². The van der Waals surface area contributed by atoms with Gasteiger partial charge in [-0.25, -0.2) is 4.68 Å². The molecule has 0 spiro atoms. The number of nitro benzene ring substituents is 2. The summed E-state index contributed by atoms with van der Waals surface area (Å²) in [5.74, 6) is -0.702. The van der Waals surface area contributed by atoms with Crippen molar-refractivity contribution in [2.45, 2.75) is 13.0 Å². The largest absolute Gasteiger partial charge is 0.300 e. The Morgan fingerprint density at radius 3 is 2.43 bits per heavy atom. The summed E-state index contributed by atoms with van der Waals surface area (Å²) in [6.07, 6.45) is -0.318. The molecule has 0 atom stereocenters. The number of non-ortho nitro benzene ring substituents is 1. The predicted molar refractivity (Wildman–Crippen MR) is 97.5 cm³/mol. The zero-order valence-electron chi connectivity index (χ0n) is 13.6. The van der Waals surface area contributed by atoms with Crippen LogP contribution in [-0.2, 0) is 11.3 Å². The molecule has 0 saturated heterocycles. The lowest BCUT2D eigenvalue weighted by molar-refractivity contribution is -0.393. The van der Waals surface area contributed by atoms with Crippen molar-refractivity contribution >= 4 is 46.2 Å². The maximum Gasteiger partial charge on any atom is 0.300 e. The average molecular weight is 433 g/mol. The third-order valence-corrected chi connectivity index (χ3v) is 4.16. The molecule has 1 aromatic carbocycles. The molecule has 0 aliphatic rings. The van der Waals surface area contributed by atoms with Crippen LogP contribution in [0.15, 0.2) is 27.8 Å². The third-order valence-electron chi connectivity index (χ3n) is 3.35. The molecule has 0 bridgehead atoms. The Kier molecular flexibility index (Phi) is 6.33. The van der Waals surface area contributed by atoms with Crippen LogP contribution in [0.3, 0.4) is 0 Å². The van der Waals surface area contributed by atoms with Gasteiger partial charge in [0.25, 0.3) is 16.8 Å². The number of carbonyl (C=O) groups excluding carboxylic acids is 1. The summed E-state index contributed by atoms with van der Waals surface area (Å²) in [5.41, 5.74) is 1.49. The minimum absolute atomic E-state index is 0.191. The number of nitro groups is 2. The van der Waals surface area contributed by atoms with Gasteiger partial charge in [0.05, 0.1) is 22.5 Å². The summed E-state index contributed by atoms with van der Waals surface area (Å²) in [5, 5.41) is 22.9. The van der Waals surface area contributed by atoms with E-state index in [2.05, 4.69) is 16.0 Å². The quantitative estimate of drug-likeness (QED) is 0.430. The summed E-state index contributed by atoms with van der Waals surface area (Å²) in [7, 11) is 0. The number of hydrogen-bond acceptors (Lipinski definition) is 8. The first-order chi connectivity index (χ1) is 13.1. The Morgan fingerprint density at radius 2 is 1.82 bits per heavy atom. The van der Waals surface area contributed by atoms with Gasteiger partial charge in [-0.2, -0.15) is 0 Å². The van der Waals surface area contributed by atoms with E-state index in [1.54, 1.807) is 0 Å². The molecule has 1 amide bonds. The lowest BCUT2D eigenvalue weighted by Gasteiger charge is -2.10. The topological polar surface area (TPSA) is 182 Å². The lowest BCUT2D eigenvalue weighted by Crippen LogP contribution is -2.34.